The van der Waals surface area contributed by atoms with Crippen LogP contribution < -0.4 is 16.4 Å². The second-order valence-corrected chi connectivity index (χ2v) is 10.5. The number of hydrogen-bond donors (Lipinski definition) is 6. The molecule has 4 rings (SSSR count). The number of thioether (sulfide) groups is 1. The maximum atomic E-state index is 12.8. The Morgan fingerprint density at radius 2 is 1.59 bits per heavy atom. The second-order valence-electron chi connectivity index (χ2n) is 9.29. The Bertz CT molecular complexity index is 1410. The van der Waals surface area contributed by atoms with E-state index >= 15 is 0 Å². The molecule has 3 aromatic carbocycles. The number of carboxylic acid groups (broad SMARTS) is 2. The zero-order chi connectivity index (χ0) is 28.1. The van der Waals surface area contributed by atoms with Crippen LogP contribution in [-0.4, -0.2) is 63.5 Å². The molecule has 4 unspecified atom stereocenters. The number of carboxylic acids is 2. The summed E-state index contributed by atoms with van der Waals surface area (Å²) in [5.74, 6) is -3.76. The Kier molecular flexibility index (Phi) is 8.85. The van der Waals surface area contributed by atoms with Crippen molar-refractivity contribution in [3.05, 3.63) is 71.8 Å². The Hall–Kier alpha value is -3.93. The summed E-state index contributed by atoms with van der Waals surface area (Å²) in [6.45, 7) is -0.631. The van der Waals surface area contributed by atoms with Crippen LogP contribution in [0, 0.1) is 0 Å². The zero-order valence-electron chi connectivity index (χ0n) is 20.9. The summed E-state index contributed by atoms with van der Waals surface area (Å²) in [5, 5.41) is 35.7. The summed E-state index contributed by atoms with van der Waals surface area (Å²) >= 11 is 1.27. The normalized spacial score (nSPS) is 17.4. The molecule has 11 heteroatoms. The third-order valence-corrected chi connectivity index (χ3v) is 7.98. The maximum Gasteiger partial charge on any atom is 0.322 e. The van der Waals surface area contributed by atoms with Crippen LogP contribution in [0.3, 0.4) is 0 Å². The standard InChI is InChI=1S/C28H29N3O7S/c29-21(28(37)38)9-10-23(32)31-22(27(36)30-13-24(33)34)14-39-26-20-12-16-6-2-1-5-15(16)11-19(20)17-7-3-4-8-18(17)25(26)35/h1-8,11-12,21-22,25-26,35H,9-10,13-14,29H2,(H,30,36)(H,31,32)(H,33,34)(H,37,38). The first-order chi connectivity index (χ1) is 18.7. The minimum absolute atomic E-state index is 0.0261. The van der Waals surface area contributed by atoms with Crippen LogP contribution in [0.15, 0.2) is 60.7 Å². The van der Waals surface area contributed by atoms with Crippen molar-refractivity contribution >= 4 is 46.3 Å². The van der Waals surface area contributed by atoms with Gasteiger partial charge in [0.15, 0.2) is 0 Å². The predicted molar refractivity (Wildman–Crippen MR) is 147 cm³/mol. The highest BCUT2D eigenvalue weighted by atomic mass is 32.2. The van der Waals surface area contributed by atoms with Crippen LogP contribution in [0.4, 0.5) is 0 Å². The number of nitrogens with two attached hydrogens (primary N) is 1. The van der Waals surface area contributed by atoms with Gasteiger partial charge in [-0.3, -0.25) is 19.2 Å². The molecular weight excluding hydrogens is 522 g/mol. The molecule has 0 fully saturated rings. The van der Waals surface area contributed by atoms with Crippen molar-refractivity contribution in [1.29, 1.82) is 0 Å². The Morgan fingerprint density at radius 1 is 0.923 bits per heavy atom. The first kappa shape index (κ1) is 28.1. The lowest BCUT2D eigenvalue weighted by molar-refractivity contribution is -0.139. The quantitative estimate of drug-likeness (QED) is 0.208. The van der Waals surface area contributed by atoms with E-state index in [9.17, 15) is 24.3 Å². The molecular formula is C28H29N3O7S. The van der Waals surface area contributed by atoms with Crippen molar-refractivity contribution < 1.29 is 34.5 Å². The number of carbonyl (C=O) groups excluding carboxylic acids is 2. The van der Waals surface area contributed by atoms with E-state index in [0.29, 0.717) is 0 Å². The van der Waals surface area contributed by atoms with Crippen LogP contribution in [0.1, 0.15) is 35.3 Å². The van der Waals surface area contributed by atoms with Gasteiger partial charge < -0.3 is 31.7 Å². The lowest BCUT2D eigenvalue weighted by Crippen LogP contribution is -2.49. The van der Waals surface area contributed by atoms with Crippen molar-refractivity contribution in [1.82, 2.24) is 10.6 Å². The van der Waals surface area contributed by atoms with E-state index in [1.165, 1.54) is 11.8 Å². The molecule has 10 nitrogen and oxygen atoms in total. The van der Waals surface area contributed by atoms with Crippen molar-refractivity contribution in [2.45, 2.75) is 36.3 Å². The van der Waals surface area contributed by atoms with E-state index in [1.807, 2.05) is 54.6 Å². The minimum Gasteiger partial charge on any atom is -0.480 e. The predicted octanol–water partition coefficient (Wildman–Crippen LogP) is 2.21. The van der Waals surface area contributed by atoms with Gasteiger partial charge in [-0.25, -0.2) is 0 Å². The molecule has 2 amide bonds. The Morgan fingerprint density at radius 3 is 2.28 bits per heavy atom. The number of amides is 2. The molecule has 0 bridgehead atoms. The van der Waals surface area contributed by atoms with Gasteiger partial charge >= 0.3 is 11.9 Å². The monoisotopic (exact) mass is 551 g/mol. The van der Waals surface area contributed by atoms with E-state index in [4.69, 9.17) is 15.9 Å². The summed E-state index contributed by atoms with van der Waals surface area (Å²) in [7, 11) is 0. The lowest BCUT2D eigenvalue weighted by Gasteiger charge is -2.33. The van der Waals surface area contributed by atoms with E-state index in [-0.39, 0.29) is 18.6 Å². The molecule has 4 atom stereocenters. The Labute approximate surface area is 228 Å². The molecule has 3 aromatic rings. The fourth-order valence-electron chi connectivity index (χ4n) is 4.59. The lowest BCUT2D eigenvalue weighted by atomic mass is 9.82. The van der Waals surface area contributed by atoms with E-state index in [0.717, 1.165) is 33.0 Å². The highest BCUT2D eigenvalue weighted by Crippen LogP contribution is 2.51. The van der Waals surface area contributed by atoms with Gasteiger partial charge in [-0.1, -0.05) is 48.5 Å². The summed E-state index contributed by atoms with van der Waals surface area (Å²) in [4.78, 5) is 47.3. The van der Waals surface area contributed by atoms with Crippen molar-refractivity contribution in [2.75, 3.05) is 12.3 Å². The van der Waals surface area contributed by atoms with Gasteiger partial charge in [0, 0.05) is 12.2 Å². The highest BCUT2D eigenvalue weighted by Gasteiger charge is 2.34. The fourth-order valence-corrected chi connectivity index (χ4v) is 5.92. The highest BCUT2D eigenvalue weighted by molar-refractivity contribution is 7.99. The van der Waals surface area contributed by atoms with Gasteiger partial charge in [0.05, 0.1) is 11.4 Å². The molecule has 0 saturated heterocycles. The SMILES string of the molecule is NC(CCC(=O)NC(CSC1c2cc3ccccc3cc2-c2ccccc2C1O)C(=O)NCC(=O)O)C(=O)O. The van der Waals surface area contributed by atoms with E-state index in [1.54, 1.807) is 0 Å². The first-order valence-electron chi connectivity index (χ1n) is 12.3. The molecule has 0 heterocycles. The largest absolute Gasteiger partial charge is 0.480 e. The third-order valence-electron chi connectivity index (χ3n) is 6.59. The molecule has 204 valence electrons. The fraction of sp³-hybridized carbons (Fsp3) is 0.286. The zero-order valence-corrected chi connectivity index (χ0v) is 21.7. The van der Waals surface area contributed by atoms with Crippen molar-refractivity contribution in [2.24, 2.45) is 5.73 Å². The number of aliphatic hydroxyl groups is 1. The Balaban J connectivity index is 1.59. The summed E-state index contributed by atoms with van der Waals surface area (Å²) < 4.78 is 0. The molecule has 0 aromatic heterocycles. The average Bonchev–Trinajstić information content (AvgIpc) is 2.92. The molecule has 39 heavy (non-hydrogen) atoms. The van der Waals surface area contributed by atoms with E-state index in [2.05, 4.69) is 16.7 Å². The minimum atomic E-state index is -1.24. The maximum absolute atomic E-state index is 12.8. The van der Waals surface area contributed by atoms with Crippen LogP contribution in [0.5, 0.6) is 0 Å². The first-order valence-corrected chi connectivity index (χ1v) is 13.4. The number of hydrogen-bond acceptors (Lipinski definition) is 7. The summed E-state index contributed by atoms with van der Waals surface area (Å²) in [5.41, 5.74) is 8.99. The smallest absolute Gasteiger partial charge is 0.322 e. The summed E-state index contributed by atoms with van der Waals surface area (Å²) in [6.07, 6.45) is -1.25. The molecule has 1 aliphatic rings. The van der Waals surface area contributed by atoms with Crippen LogP contribution >= 0.6 is 11.8 Å². The molecule has 0 saturated carbocycles. The molecule has 0 radical (unpaired) electrons. The van der Waals surface area contributed by atoms with Gasteiger partial charge in [-0.15, -0.1) is 11.8 Å². The van der Waals surface area contributed by atoms with E-state index < -0.39 is 53.7 Å². The number of carbonyl (C=O) groups is 4. The topological polar surface area (TPSA) is 179 Å². The van der Waals surface area contributed by atoms with Gasteiger partial charge in [0.25, 0.3) is 0 Å². The third kappa shape index (κ3) is 6.56. The second kappa shape index (κ2) is 12.3. The van der Waals surface area contributed by atoms with Crippen LogP contribution in [0.25, 0.3) is 21.9 Å². The van der Waals surface area contributed by atoms with Gasteiger partial charge in [0.1, 0.15) is 18.6 Å². The van der Waals surface area contributed by atoms with Crippen molar-refractivity contribution in [3.63, 3.8) is 0 Å². The average molecular weight is 552 g/mol. The van der Waals surface area contributed by atoms with Crippen LogP contribution in [-0.2, 0) is 19.2 Å². The number of rotatable bonds is 11. The summed E-state index contributed by atoms with van der Waals surface area (Å²) in [6, 6.07) is 17.2. The van der Waals surface area contributed by atoms with Crippen molar-refractivity contribution in [3.8, 4) is 11.1 Å². The molecule has 7 N–H and O–H groups in total. The van der Waals surface area contributed by atoms with Crippen LogP contribution in [0.2, 0.25) is 0 Å². The number of nitrogens with one attached hydrogen (secondary N) is 2. The number of aliphatic hydroxyl groups excluding tert-OH is 1. The number of aliphatic carboxylic acids is 2. The molecule has 0 aliphatic heterocycles. The van der Waals surface area contributed by atoms with Gasteiger partial charge in [0.2, 0.25) is 11.8 Å². The van der Waals surface area contributed by atoms with Gasteiger partial charge in [-0.2, -0.15) is 0 Å². The van der Waals surface area contributed by atoms with Gasteiger partial charge in [-0.05, 0) is 51.6 Å². The molecule has 0 spiro atoms. The number of benzene rings is 3. The molecule has 1 aliphatic carbocycles. The number of fused-ring (bicyclic) bond motifs is 4.